The maximum absolute atomic E-state index is 11.3. The predicted octanol–water partition coefficient (Wildman–Crippen LogP) is 0.382. The van der Waals surface area contributed by atoms with Gasteiger partial charge in [-0.1, -0.05) is 0 Å². The van der Waals surface area contributed by atoms with E-state index < -0.39 is 5.97 Å². The Labute approximate surface area is 87.4 Å². The lowest BCUT2D eigenvalue weighted by atomic mass is 10.3. The molecule has 0 saturated heterocycles. The van der Waals surface area contributed by atoms with Crippen LogP contribution in [0.1, 0.15) is 23.1 Å². The molecule has 0 bridgehead atoms. The molecule has 0 saturated carbocycles. The van der Waals surface area contributed by atoms with E-state index in [0.717, 1.165) is 0 Å². The van der Waals surface area contributed by atoms with E-state index in [1.165, 1.54) is 13.3 Å². The third-order valence-corrected chi connectivity index (χ3v) is 1.64. The Bertz CT molecular complexity index is 354. The lowest BCUT2D eigenvalue weighted by molar-refractivity contribution is 0.0526. The van der Waals surface area contributed by atoms with E-state index in [4.69, 9.17) is 15.2 Å². The molecule has 0 spiro atoms. The average Bonchev–Trinajstić information content (AvgIpc) is 2.18. The second-order valence-electron chi connectivity index (χ2n) is 2.74. The van der Waals surface area contributed by atoms with Crippen LogP contribution in [0.15, 0.2) is 6.20 Å². The van der Waals surface area contributed by atoms with Gasteiger partial charge in [0.25, 0.3) is 0 Å². The van der Waals surface area contributed by atoms with Crippen LogP contribution in [0, 0.1) is 0 Å². The number of hydrogen-bond acceptors (Lipinski definition) is 6. The van der Waals surface area contributed by atoms with Crippen molar-refractivity contribution in [2.75, 3.05) is 19.5 Å². The normalized spacial score (nSPS) is 10.0. The van der Waals surface area contributed by atoms with Crippen molar-refractivity contribution >= 4 is 11.8 Å². The molecule has 1 heterocycles. The number of anilines is 1. The molecule has 0 amide bonds. The molecule has 0 fully saturated rings. The lowest BCUT2D eigenvalue weighted by Crippen LogP contribution is -2.12. The number of aromatic nitrogens is 2. The second-order valence-corrected chi connectivity index (χ2v) is 2.74. The molecule has 0 aliphatic carbocycles. The van der Waals surface area contributed by atoms with Gasteiger partial charge in [-0.15, -0.1) is 0 Å². The smallest absolute Gasteiger partial charge is 0.343 e. The highest BCUT2D eigenvalue weighted by atomic mass is 16.5. The number of methoxy groups -OCH3 is 1. The molecular weight excluding hydrogens is 198 g/mol. The molecule has 15 heavy (non-hydrogen) atoms. The number of hydrogen-bond donors (Lipinski definition) is 1. The molecule has 2 N–H and O–H groups in total. The molecule has 0 radical (unpaired) electrons. The zero-order valence-corrected chi connectivity index (χ0v) is 8.69. The maximum Gasteiger partial charge on any atom is 0.343 e. The van der Waals surface area contributed by atoms with E-state index in [9.17, 15) is 4.79 Å². The summed E-state index contributed by atoms with van der Waals surface area (Å²) in [4.78, 5) is 19.1. The fourth-order valence-electron chi connectivity index (χ4n) is 0.998. The quantitative estimate of drug-likeness (QED) is 0.724. The summed E-state index contributed by atoms with van der Waals surface area (Å²) in [6.07, 6.45) is 1.34. The van der Waals surface area contributed by atoms with Crippen LogP contribution in [-0.2, 0) is 16.1 Å². The molecule has 0 unspecified atom stereocenters. The molecule has 6 nitrogen and oxygen atoms in total. The molecule has 1 rings (SSSR count). The van der Waals surface area contributed by atoms with E-state index in [-0.39, 0.29) is 24.6 Å². The lowest BCUT2D eigenvalue weighted by Gasteiger charge is -2.05. The number of nitrogens with two attached hydrogens (primary N) is 1. The van der Waals surface area contributed by atoms with E-state index in [2.05, 4.69) is 9.97 Å². The summed E-state index contributed by atoms with van der Waals surface area (Å²) < 4.78 is 9.61. The Kier molecular flexibility index (Phi) is 3.99. The molecule has 1 aromatic rings. The van der Waals surface area contributed by atoms with Crippen LogP contribution in [0.25, 0.3) is 0 Å². The number of esters is 1. The van der Waals surface area contributed by atoms with Crippen molar-refractivity contribution in [2.45, 2.75) is 13.5 Å². The number of carbonyl (C=O) groups excluding carboxylic acids is 1. The van der Waals surface area contributed by atoms with Gasteiger partial charge in [0.15, 0.2) is 5.82 Å². The van der Waals surface area contributed by atoms with Crippen molar-refractivity contribution < 1.29 is 14.3 Å². The number of nitrogen functional groups attached to an aromatic ring is 1. The first-order chi connectivity index (χ1) is 7.19. The van der Waals surface area contributed by atoms with E-state index >= 15 is 0 Å². The summed E-state index contributed by atoms with van der Waals surface area (Å²) >= 11 is 0. The average molecular weight is 211 g/mol. The standard InChI is InChI=1S/C9H13N3O3/c1-3-15-9(13)6-4-11-7(5-14-2)12-8(6)10/h4H,3,5H2,1-2H3,(H2,10,11,12). The number of rotatable bonds is 4. The van der Waals surface area contributed by atoms with Gasteiger partial charge in [0.05, 0.1) is 6.61 Å². The first-order valence-electron chi connectivity index (χ1n) is 4.46. The monoisotopic (exact) mass is 211 g/mol. The number of ether oxygens (including phenoxy) is 2. The van der Waals surface area contributed by atoms with E-state index in [1.807, 2.05) is 0 Å². The van der Waals surface area contributed by atoms with Gasteiger partial charge in [0.2, 0.25) is 0 Å². The molecular formula is C9H13N3O3. The van der Waals surface area contributed by atoms with Crippen molar-refractivity contribution in [1.82, 2.24) is 9.97 Å². The van der Waals surface area contributed by atoms with Gasteiger partial charge in [-0.25, -0.2) is 14.8 Å². The Morgan fingerprint density at radius 3 is 2.87 bits per heavy atom. The van der Waals surface area contributed by atoms with Crippen molar-refractivity contribution in [2.24, 2.45) is 0 Å². The van der Waals surface area contributed by atoms with E-state index in [1.54, 1.807) is 6.92 Å². The minimum absolute atomic E-state index is 0.107. The topological polar surface area (TPSA) is 87.3 Å². The fourth-order valence-corrected chi connectivity index (χ4v) is 0.998. The Balaban J connectivity index is 2.87. The van der Waals surface area contributed by atoms with Crippen LogP contribution in [0.3, 0.4) is 0 Å². The molecule has 6 heteroatoms. The van der Waals surface area contributed by atoms with Gasteiger partial charge in [-0.2, -0.15) is 0 Å². The van der Waals surface area contributed by atoms with Crippen LogP contribution in [-0.4, -0.2) is 29.7 Å². The SMILES string of the molecule is CCOC(=O)c1cnc(COC)nc1N. The maximum atomic E-state index is 11.3. The highest BCUT2D eigenvalue weighted by molar-refractivity contribution is 5.93. The third-order valence-electron chi connectivity index (χ3n) is 1.64. The highest BCUT2D eigenvalue weighted by Gasteiger charge is 2.13. The zero-order valence-electron chi connectivity index (χ0n) is 8.69. The summed E-state index contributed by atoms with van der Waals surface area (Å²) in [5.74, 6) is 0.0255. The van der Waals surface area contributed by atoms with Crippen molar-refractivity contribution in [3.63, 3.8) is 0 Å². The van der Waals surface area contributed by atoms with Crippen molar-refractivity contribution in [3.8, 4) is 0 Å². The van der Waals surface area contributed by atoms with Crippen LogP contribution in [0.4, 0.5) is 5.82 Å². The molecule has 0 aliphatic rings. The Morgan fingerprint density at radius 2 is 2.33 bits per heavy atom. The van der Waals surface area contributed by atoms with E-state index in [0.29, 0.717) is 5.82 Å². The third kappa shape index (κ3) is 2.88. The van der Waals surface area contributed by atoms with Crippen LogP contribution < -0.4 is 5.73 Å². The second kappa shape index (κ2) is 5.26. The summed E-state index contributed by atoms with van der Waals surface area (Å²) in [7, 11) is 1.53. The Hall–Kier alpha value is -1.69. The first-order valence-corrected chi connectivity index (χ1v) is 4.46. The molecule has 0 aliphatic heterocycles. The predicted molar refractivity (Wildman–Crippen MR) is 53.1 cm³/mol. The van der Waals surface area contributed by atoms with Gasteiger partial charge in [0.1, 0.15) is 18.0 Å². The van der Waals surface area contributed by atoms with Gasteiger partial charge >= 0.3 is 5.97 Å². The molecule has 0 atom stereocenters. The van der Waals surface area contributed by atoms with Gasteiger partial charge < -0.3 is 15.2 Å². The molecule has 0 aromatic carbocycles. The minimum Gasteiger partial charge on any atom is -0.462 e. The molecule has 1 aromatic heterocycles. The zero-order chi connectivity index (χ0) is 11.3. The highest BCUT2D eigenvalue weighted by Crippen LogP contribution is 2.09. The van der Waals surface area contributed by atoms with Gasteiger partial charge in [0, 0.05) is 13.3 Å². The Morgan fingerprint density at radius 1 is 1.60 bits per heavy atom. The summed E-state index contributed by atoms with van der Waals surface area (Å²) in [5.41, 5.74) is 5.75. The number of nitrogens with zero attached hydrogens (tertiary/aromatic N) is 2. The van der Waals surface area contributed by atoms with Crippen LogP contribution in [0.5, 0.6) is 0 Å². The summed E-state index contributed by atoms with van der Waals surface area (Å²) in [6, 6.07) is 0. The summed E-state index contributed by atoms with van der Waals surface area (Å²) in [6.45, 7) is 2.26. The molecule has 82 valence electrons. The van der Waals surface area contributed by atoms with Gasteiger partial charge in [-0.3, -0.25) is 0 Å². The summed E-state index contributed by atoms with van der Waals surface area (Å²) in [5, 5.41) is 0. The largest absolute Gasteiger partial charge is 0.462 e. The minimum atomic E-state index is -0.515. The van der Waals surface area contributed by atoms with Crippen molar-refractivity contribution in [1.29, 1.82) is 0 Å². The fraction of sp³-hybridized carbons (Fsp3) is 0.444. The number of carbonyl (C=O) groups is 1. The van der Waals surface area contributed by atoms with Crippen molar-refractivity contribution in [3.05, 3.63) is 17.6 Å². The van der Waals surface area contributed by atoms with Gasteiger partial charge in [-0.05, 0) is 6.92 Å². The van der Waals surface area contributed by atoms with Crippen LogP contribution in [0.2, 0.25) is 0 Å². The first kappa shape index (κ1) is 11.4. The van der Waals surface area contributed by atoms with Crippen LogP contribution >= 0.6 is 0 Å².